The summed E-state index contributed by atoms with van der Waals surface area (Å²) in [5.41, 5.74) is 2.71. The van der Waals surface area contributed by atoms with E-state index in [2.05, 4.69) is 0 Å². The lowest BCUT2D eigenvalue weighted by atomic mass is 10.0. The number of phenols is 2. The van der Waals surface area contributed by atoms with Crippen molar-refractivity contribution in [3.05, 3.63) is 48.0 Å². The number of rotatable bonds is 3. The van der Waals surface area contributed by atoms with Crippen molar-refractivity contribution >= 4 is 11.9 Å². The first-order valence-corrected chi connectivity index (χ1v) is 7.73. The van der Waals surface area contributed by atoms with E-state index in [-0.39, 0.29) is 24.3 Å². The van der Waals surface area contributed by atoms with Crippen LogP contribution in [-0.2, 0) is 9.59 Å². The van der Waals surface area contributed by atoms with Gasteiger partial charge in [-0.05, 0) is 30.7 Å². The third-order valence-corrected chi connectivity index (χ3v) is 2.95. The Labute approximate surface area is 147 Å². The number of hydrogen-bond donors (Lipinski definition) is 4. The number of aromatic hydroxyl groups is 2. The van der Waals surface area contributed by atoms with E-state index in [0.717, 1.165) is 5.56 Å². The van der Waals surface area contributed by atoms with Crippen molar-refractivity contribution in [3.8, 4) is 22.6 Å². The number of carboxylic acids is 2. The van der Waals surface area contributed by atoms with Crippen LogP contribution in [0, 0.1) is 6.92 Å². The normalized spacial score (nSPS) is 9.08. The Kier molecular flexibility index (Phi) is 10.1. The highest BCUT2D eigenvalue weighted by molar-refractivity contribution is 5.71. The second-order valence-corrected chi connectivity index (χ2v) is 5.06. The molecule has 6 heteroatoms. The van der Waals surface area contributed by atoms with Gasteiger partial charge in [0.25, 0.3) is 0 Å². The third-order valence-electron chi connectivity index (χ3n) is 2.95. The summed E-state index contributed by atoms with van der Waals surface area (Å²) in [5.74, 6) is -1.16. The van der Waals surface area contributed by atoms with Gasteiger partial charge in [0.15, 0.2) is 0 Å². The monoisotopic (exact) mass is 348 g/mol. The van der Waals surface area contributed by atoms with Gasteiger partial charge in [-0.3, -0.25) is 9.59 Å². The van der Waals surface area contributed by atoms with E-state index in [4.69, 9.17) is 10.2 Å². The lowest BCUT2D eigenvalue weighted by Crippen LogP contribution is -1.86. The molecule has 0 aliphatic heterocycles. The van der Waals surface area contributed by atoms with Crippen LogP contribution in [0.15, 0.2) is 42.5 Å². The molecule has 0 bridgehead atoms. The van der Waals surface area contributed by atoms with Crippen LogP contribution in [0.1, 0.15) is 32.3 Å². The Morgan fingerprint density at radius 3 is 1.68 bits per heavy atom. The van der Waals surface area contributed by atoms with Crippen LogP contribution in [0.3, 0.4) is 0 Å². The van der Waals surface area contributed by atoms with E-state index in [1.54, 1.807) is 19.9 Å². The van der Waals surface area contributed by atoms with Crippen molar-refractivity contribution in [2.45, 2.75) is 33.6 Å². The lowest BCUT2D eigenvalue weighted by Gasteiger charge is -2.05. The van der Waals surface area contributed by atoms with Crippen LogP contribution in [0.2, 0.25) is 0 Å². The van der Waals surface area contributed by atoms with E-state index in [9.17, 15) is 19.8 Å². The molecule has 0 aliphatic carbocycles. The van der Waals surface area contributed by atoms with Gasteiger partial charge in [0, 0.05) is 18.4 Å². The third kappa shape index (κ3) is 9.65. The SMILES string of the molecule is CCC(=O)O.CCC(=O)O.Cc1ccc(-c2cc(O)ccc2O)cc1. The van der Waals surface area contributed by atoms with E-state index < -0.39 is 11.9 Å². The standard InChI is InChI=1S/C13H12O2.2C3H6O2/c1-9-2-4-10(5-3-9)12-8-11(14)6-7-13(12)15;2*1-2-3(4)5/h2-8,14-15H,1H3;2*2H2,1H3,(H,4,5). The Morgan fingerprint density at radius 1 is 0.840 bits per heavy atom. The first kappa shape index (κ1) is 22.0. The zero-order chi connectivity index (χ0) is 19.4. The fourth-order valence-electron chi connectivity index (χ4n) is 1.49. The first-order valence-electron chi connectivity index (χ1n) is 7.73. The van der Waals surface area contributed by atoms with Crippen LogP contribution < -0.4 is 0 Å². The highest BCUT2D eigenvalue weighted by atomic mass is 16.4. The van der Waals surface area contributed by atoms with Gasteiger partial charge in [0.05, 0.1) is 0 Å². The molecule has 0 amide bonds. The van der Waals surface area contributed by atoms with Gasteiger partial charge in [-0.1, -0.05) is 43.7 Å². The van der Waals surface area contributed by atoms with Crippen LogP contribution in [0.25, 0.3) is 11.1 Å². The highest BCUT2D eigenvalue weighted by Crippen LogP contribution is 2.32. The molecule has 2 rings (SSSR count). The lowest BCUT2D eigenvalue weighted by molar-refractivity contribution is -0.137. The topological polar surface area (TPSA) is 115 Å². The number of benzene rings is 2. The van der Waals surface area contributed by atoms with E-state index in [1.165, 1.54) is 17.7 Å². The summed E-state index contributed by atoms with van der Waals surface area (Å²) in [4.78, 5) is 18.7. The summed E-state index contributed by atoms with van der Waals surface area (Å²) >= 11 is 0. The number of carbonyl (C=O) groups is 2. The van der Waals surface area contributed by atoms with E-state index in [1.807, 2.05) is 31.2 Å². The second kappa shape index (κ2) is 11.5. The summed E-state index contributed by atoms with van der Waals surface area (Å²) < 4.78 is 0. The van der Waals surface area contributed by atoms with Gasteiger partial charge < -0.3 is 20.4 Å². The average molecular weight is 348 g/mol. The molecule has 0 unspecified atom stereocenters. The average Bonchev–Trinajstić information content (AvgIpc) is 2.59. The maximum absolute atomic E-state index is 9.65. The van der Waals surface area contributed by atoms with Crippen molar-refractivity contribution in [3.63, 3.8) is 0 Å². The summed E-state index contributed by atoms with van der Waals surface area (Å²) in [5, 5.41) is 34.4. The molecule has 0 saturated heterocycles. The molecule has 0 radical (unpaired) electrons. The van der Waals surface area contributed by atoms with Gasteiger partial charge in [0.2, 0.25) is 0 Å². The molecule has 0 aliphatic rings. The number of phenolic OH excluding ortho intramolecular Hbond substituents is 2. The number of aryl methyl sites for hydroxylation is 1. The van der Waals surface area contributed by atoms with Crippen LogP contribution in [0.4, 0.5) is 0 Å². The minimum Gasteiger partial charge on any atom is -0.508 e. The Morgan fingerprint density at radius 2 is 1.28 bits per heavy atom. The zero-order valence-electron chi connectivity index (χ0n) is 14.6. The molecule has 2 aromatic carbocycles. The Hall–Kier alpha value is -3.02. The summed E-state index contributed by atoms with van der Waals surface area (Å²) in [6.45, 7) is 5.21. The van der Waals surface area contributed by atoms with E-state index in [0.29, 0.717) is 5.56 Å². The minimum absolute atomic E-state index is 0.156. The molecule has 0 atom stereocenters. The van der Waals surface area contributed by atoms with Crippen molar-refractivity contribution in [2.24, 2.45) is 0 Å². The highest BCUT2D eigenvalue weighted by Gasteiger charge is 2.04. The zero-order valence-corrected chi connectivity index (χ0v) is 14.6. The molecule has 0 heterocycles. The predicted molar refractivity (Wildman–Crippen MR) is 95.8 cm³/mol. The molecule has 0 spiro atoms. The maximum Gasteiger partial charge on any atom is 0.303 e. The van der Waals surface area contributed by atoms with Crippen molar-refractivity contribution in [2.75, 3.05) is 0 Å². The predicted octanol–water partition coefficient (Wildman–Crippen LogP) is 4.04. The van der Waals surface area contributed by atoms with Crippen LogP contribution in [-0.4, -0.2) is 32.4 Å². The van der Waals surface area contributed by atoms with Crippen molar-refractivity contribution in [1.29, 1.82) is 0 Å². The molecular weight excluding hydrogens is 324 g/mol. The van der Waals surface area contributed by atoms with Crippen molar-refractivity contribution < 1.29 is 30.0 Å². The first-order chi connectivity index (χ1) is 11.7. The minimum atomic E-state index is -0.745. The summed E-state index contributed by atoms with van der Waals surface area (Å²) in [7, 11) is 0. The Balaban J connectivity index is 0.000000480. The number of hydrogen-bond acceptors (Lipinski definition) is 4. The molecule has 2 aromatic rings. The smallest absolute Gasteiger partial charge is 0.303 e. The molecular formula is C19H24O6. The van der Waals surface area contributed by atoms with Gasteiger partial charge in [-0.15, -0.1) is 0 Å². The van der Waals surface area contributed by atoms with Gasteiger partial charge in [-0.25, -0.2) is 0 Å². The second-order valence-electron chi connectivity index (χ2n) is 5.06. The molecule has 136 valence electrons. The maximum atomic E-state index is 9.65. The quantitative estimate of drug-likeness (QED) is 0.622. The Bertz CT molecular complexity index is 663. The fourth-order valence-corrected chi connectivity index (χ4v) is 1.49. The molecule has 0 saturated carbocycles. The van der Waals surface area contributed by atoms with Crippen LogP contribution in [0.5, 0.6) is 11.5 Å². The molecule has 6 nitrogen and oxygen atoms in total. The fraction of sp³-hybridized carbons (Fsp3) is 0.263. The van der Waals surface area contributed by atoms with Gasteiger partial charge in [0.1, 0.15) is 11.5 Å². The van der Waals surface area contributed by atoms with E-state index >= 15 is 0 Å². The number of aliphatic carboxylic acids is 2. The summed E-state index contributed by atoms with van der Waals surface area (Å²) in [6.07, 6.45) is 0.444. The van der Waals surface area contributed by atoms with Gasteiger partial charge >= 0.3 is 11.9 Å². The number of carboxylic acid groups (broad SMARTS) is 2. The van der Waals surface area contributed by atoms with Gasteiger partial charge in [-0.2, -0.15) is 0 Å². The molecule has 0 aromatic heterocycles. The van der Waals surface area contributed by atoms with Crippen molar-refractivity contribution in [1.82, 2.24) is 0 Å². The summed E-state index contributed by atoms with van der Waals surface area (Å²) in [6, 6.07) is 12.3. The largest absolute Gasteiger partial charge is 0.508 e. The molecule has 25 heavy (non-hydrogen) atoms. The molecule has 0 fully saturated rings. The molecule has 4 N–H and O–H groups in total. The van der Waals surface area contributed by atoms with Crippen LogP contribution >= 0.6 is 0 Å².